The Bertz CT molecular complexity index is 511. The number of hydrogen-bond donors (Lipinski definition) is 0. The quantitative estimate of drug-likeness (QED) is 0.782. The first-order valence-electron chi connectivity index (χ1n) is 6.74. The topological polar surface area (TPSA) is 22.4 Å². The monoisotopic (exact) mass is 246 g/mol. The molecule has 0 amide bonds. The summed E-state index contributed by atoms with van der Waals surface area (Å²) < 4.78 is 11.3. The van der Waals surface area contributed by atoms with E-state index in [2.05, 4.69) is 39.8 Å². The summed E-state index contributed by atoms with van der Waals surface area (Å²) in [5, 5.41) is 1.20. The second kappa shape index (κ2) is 5.57. The Balaban J connectivity index is 2.22. The van der Waals surface area contributed by atoms with Crippen LogP contribution < -0.4 is 0 Å². The third-order valence-corrected chi connectivity index (χ3v) is 3.10. The number of aryl methyl sites for hydroxylation is 1. The molecule has 0 saturated carbocycles. The first-order valence-corrected chi connectivity index (χ1v) is 6.74. The molecule has 0 aliphatic rings. The van der Waals surface area contributed by atoms with Crippen molar-refractivity contribution in [1.29, 1.82) is 0 Å². The average molecular weight is 246 g/mol. The van der Waals surface area contributed by atoms with Gasteiger partial charge >= 0.3 is 0 Å². The fourth-order valence-electron chi connectivity index (χ4n) is 2.45. The molecule has 0 spiro atoms. The zero-order valence-corrected chi connectivity index (χ0v) is 11.7. The summed E-state index contributed by atoms with van der Waals surface area (Å²) in [6.45, 7) is 8.45. The van der Waals surface area contributed by atoms with Crippen LogP contribution in [0.4, 0.5) is 0 Å². The highest BCUT2D eigenvalue weighted by Gasteiger charge is 2.10. The predicted molar refractivity (Wildman–Crippen MR) is 75.0 cm³/mol. The summed E-state index contributed by atoms with van der Waals surface area (Å²) in [7, 11) is 0. The first-order chi connectivity index (χ1) is 8.60. The highest BCUT2D eigenvalue weighted by atomic mass is 16.5. The van der Waals surface area contributed by atoms with Crippen molar-refractivity contribution in [1.82, 2.24) is 0 Å². The van der Waals surface area contributed by atoms with E-state index >= 15 is 0 Å². The van der Waals surface area contributed by atoms with Gasteiger partial charge in [0.15, 0.2) is 0 Å². The molecule has 0 aliphatic heterocycles. The van der Waals surface area contributed by atoms with Gasteiger partial charge in [0.05, 0.1) is 18.5 Å². The lowest BCUT2D eigenvalue weighted by molar-refractivity contribution is 0.0195. The molecule has 18 heavy (non-hydrogen) atoms. The minimum Gasteiger partial charge on any atom is -0.464 e. The van der Waals surface area contributed by atoms with E-state index in [1.165, 1.54) is 16.5 Å². The number of benzene rings is 1. The normalized spacial score (nSPS) is 13.4. The Morgan fingerprint density at radius 2 is 2.00 bits per heavy atom. The Kier molecular flexibility index (Phi) is 4.07. The zero-order chi connectivity index (χ0) is 13.1. The Morgan fingerprint density at radius 1 is 1.22 bits per heavy atom. The molecule has 0 aliphatic carbocycles. The molecule has 1 unspecified atom stereocenters. The summed E-state index contributed by atoms with van der Waals surface area (Å²) in [5.41, 5.74) is 3.64. The van der Waals surface area contributed by atoms with Gasteiger partial charge in [0.2, 0.25) is 0 Å². The largest absolute Gasteiger partial charge is 0.464 e. The zero-order valence-electron chi connectivity index (χ0n) is 11.7. The molecule has 1 heterocycles. The van der Waals surface area contributed by atoms with Crippen LogP contribution in [0.25, 0.3) is 11.0 Å². The molecule has 2 aromatic rings. The van der Waals surface area contributed by atoms with E-state index in [0.29, 0.717) is 0 Å². The van der Waals surface area contributed by atoms with Crippen LogP contribution in [0.1, 0.15) is 38.8 Å². The van der Waals surface area contributed by atoms with E-state index in [1.54, 1.807) is 6.26 Å². The molecule has 2 nitrogen and oxygen atoms in total. The molecule has 0 bridgehead atoms. The predicted octanol–water partition coefficient (Wildman–Crippen LogP) is 4.35. The van der Waals surface area contributed by atoms with Crippen molar-refractivity contribution < 1.29 is 9.15 Å². The van der Waals surface area contributed by atoms with Gasteiger partial charge in [-0.1, -0.05) is 13.0 Å². The van der Waals surface area contributed by atoms with Crippen molar-refractivity contribution in [2.24, 2.45) is 0 Å². The van der Waals surface area contributed by atoms with Crippen LogP contribution in [0.3, 0.4) is 0 Å². The Morgan fingerprint density at radius 3 is 2.67 bits per heavy atom. The first kappa shape index (κ1) is 13.2. The van der Waals surface area contributed by atoms with Gasteiger partial charge in [-0.25, -0.2) is 0 Å². The molecule has 2 rings (SSSR count). The highest BCUT2D eigenvalue weighted by molar-refractivity contribution is 5.81. The van der Waals surface area contributed by atoms with Gasteiger partial charge in [0, 0.05) is 5.39 Å². The van der Waals surface area contributed by atoms with Crippen molar-refractivity contribution in [3.8, 4) is 0 Å². The lowest BCUT2D eigenvalue weighted by atomic mass is 10.0. The van der Waals surface area contributed by atoms with Gasteiger partial charge in [-0.2, -0.15) is 0 Å². The fraction of sp³-hybridized carbons (Fsp3) is 0.500. The van der Waals surface area contributed by atoms with E-state index in [0.717, 1.165) is 18.4 Å². The maximum Gasteiger partial charge on any atom is 0.137 e. The summed E-state index contributed by atoms with van der Waals surface area (Å²) in [4.78, 5) is 0. The van der Waals surface area contributed by atoms with Crippen LogP contribution in [0.15, 0.2) is 28.9 Å². The van der Waals surface area contributed by atoms with E-state index in [4.69, 9.17) is 9.15 Å². The van der Waals surface area contributed by atoms with Crippen molar-refractivity contribution in [2.45, 2.75) is 52.7 Å². The lowest BCUT2D eigenvalue weighted by Gasteiger charge is -2.16. The number of ether oxygens (including phenoxy) is 1. The molecule has 1 aromatic carbocycles. The lowest BCUT2D eigenvalue weighted by Crippen LogP contribution is -2.16. The average Bonchev–Trinajstić information content (AvgIpc) is 2.74. The molecule has 98 valence electrons. The van der Waals surface area contributed by atoms with Crippen LogP contribution in [-0.4, -0.2) is 12.2 Å². The number of rotatable bonds is 5. The second-order valence-corrected chi connectivity index (χ2v) is 5.15. The molecule has 2 heteroatoms. The molecule has 0 saturated heterocycles. The minimum atomic E-state index is 0.249. The Hall–Kier alpha value is -1.28. The van der Waals surface area contributed by atoms with Crippen LogP contribution in [0.2, 0.25) is 0 Å². The molecule has 0 N–H and O–H groups in total. The molecule has 0 radical (unpaired) electrons. The Labute approximate surface area is 109 Å². The van der Waals surface area contributed by atoms with Crippen LogP contribution in [-0.2, 0) is 17.6 Å². The highest BCUT2D eigenvalue weighted by Crippen LogP contribution is 2.24. The number of hydrogen-bond acceptors (Lipinski definition) is 2. The van der Waals surface area contributed by atoms with Crippen molar-refractivity contribution in [2.75, 3.05) is 0 Å². The van der Waals surface area contributed by atoms with Crippen molar-refractivity contribution >= 4 is 11.0 Å². The van der Waals surface area contributed by atoms with Gasteiger partial charge < -0.3 is 9.15 Å². The third-order valence-electron chi connectivity index (χ3n) is 3.10. The van der Waals surface area contributed by atoms with Gasteiger partial charge in [0.1, 0.15) is 5.58 Å². The molecule has 0 fully saturated rings. The van der Waals surface area contributed by atoms with Gasteiger partial charge in [0.25, 0.3) is 0 Å². The van der Waals surface area contributed by atoms with Crippen molar-refractivity contribution in [3.63, 3.8) is 0 Å². The summed E-state index contributed by atoms with van der Waals surface area (Å²) >= 11 is 0. The van der Waals surface area contributed by atoms with Crippen molar-refractivity contribution in [3.05, 3.63) is 35.6 Å². The maximum atomic E-state index is 5.80. The third kappa shape index (κ3) is 2.94. The summed E-state index contributed by atoms with van der Waals surface area (Å²) in [5.74, 6) is 0. The van der Waals surface area contributed by atoms with Crippen LogP contribution >= 0.6 is 0 Å². The smallest absolute Gasteiger partial charge is 0.137 e. The standard InChI is InChI=1S/C16H22O2/c1-5-14-9-13(8-12(4)18-11(2)3)10-15-6-7-17-16(14)15/h6-7,9-12H,5,8H2,1-4H3. The van der Waals surface area contributed by atoms with Crippen LogP contribution in [0.5, 0.6) is 0 Å². The molecule has 1 atom stereocenters. The second-order valence-electron chi connectivity index (χ2n) is 5.15. The van der Waals surface area contributed by atoms with Gasteiger partial charge in [-0.05, 0) is 56.9 Å². The van der Waals surface area contributed by atoms with E-state index in [-0.39, 0.29) is 12.2 Å². The molecule has 1 aromatic heterocycles. The SMILES string of the molecule is CCc1cc(CC(C)OC(C)C)cc2ccoc12. The maximum absolute atomic E-state index is 5.80. The van der Waals surface area contributed by atoms with E-state index < -0.39 is 0 Å². The number of furan rings is 1. The van der Waals surface area contributed by atoms with E-state index in [9.17, 15) is 0 Å². The van der Waals surface area contributed by atoms with Gasteiger partial charge in [-0.15, -0.1) is 0 Å². The molecular formula is C16H22O2. The summed E-state index contributed by atoms with van der Waals surface area (Å²) in [6, 6.07) is 6.48. The van der Waals surface area contributed by atoms with Crippen LogP contribution in [0, 0.1) is 0 Å². The fourth-order valence-corrected chi connectivity index (χ4v) is 2.45. The van der Waals surface area contributed by atoms with E-state index in [1.807, 2.05) is 6.07 Å². The molecular weight excluding hydrogens is 224 g/mol. The van der Waals surface area contributed by atoms with Gasteiger partial charge in [-0.3, -0.25) is 0 Å². The summed E-state index contributed by atoms with van der Waals surface area (Å²) in [6.07, 6.45) is 4.24. The minimum absolute atomic E-state index is 0.249. The number of fused-ring (bicyclic) bond motifs is 1.